The summed E-state index contributed by atoms with van der Waals surface area (Å²) in [5, 5.41) is 11.7. The van der Waals surface area contributed by atoms with Crippen molar-refractivity contribution in [3.63, 3.8) is 0 Å². The van der Waals surface area contributed by atoms with Crippen LogP contribution in [-0.4, -0.2) is 49.7 Å². The predicted molar refractivity (Wildman–Crippen MR) is 104 cm³/mol. The fourth-order valence-corrected chi connectivity index (χ4v) is 5.64. The SMILES string of the molecule is CC1CCCN(S(=O)(=O)c2ccc(N3CCCC(C(N)=O)C3)c([N+](=O)[O-])c2)C1. The fraction of sp³-hybridized carbons (Fsp3) is 0.611. The molecular weight excluding hydrogens is 384 g/mol. The second kappa shape index (κ2) is 8.04. The van der Waals surface area contributed by atoms with Crippen molar-refractivity contribution in [3.05, 3.63) is 28.3 Å². The third-order valence-corrected chi connectivity index (χ3v) is 7.43. The Hall–Kier alpha value is -2.20. The minimum absolute atomic E-state index is 0.0690. The van der Waals surface area contributed by atoms with Crippen molar-refractivity contribution in [1.82, 2.24) is 4.31 Å². The highest BCUT2D eigenvalue weighted by Crippen LogP contribution is 2.35. The number of rotatable bonds is 5. The molecule has 28 heavy (non-hydrogen) atoms. The number of amides is 1. The van der Waals surface area contributed by atoms with Gasteiger partial charge in [-0.25, -0.2) is 8.42 Å². The van der Waals surface area contributed by atoms with Crippen LogP contribution in [0.15, 0.2) is 23.1 Å². The van der Waals surface area contributed by atoms with Crippen molar-refractivity contribution in [2.45, 2.75) is 37.5 Å². The fourth-order valence-electron chi connectivity index (χ4n) is 4.02. The number of sulfonamides is 1. The monoisotopic (exact) mass is 410 g/mol. The van der Waals surface area contributed by atoms with Crippen molar-refractivity contribution >= 4 is 27.3 Å². The van der Waals surface area contributed by atoms with E-state index in [1.54, 1.807) is 4.90 Å². The van der Waals surface area contributed by atoms with E-state index < -0.39 is 20.9 Å². The highest BCUT2D eigenvalue weighted by molar-refractivity contribution is 7.89. The van der Waals surface area contributed by atoms with Crippen LogP contribution in [0.2, 0.25) is 0 Å². The number of carbonyl (C=O) groups is 1. The molecule has 0 aliphatic carbocycles. The van der Waals surface area contributed by atoms with E-state index >= 15 is 0 Å². The molecule has 2 fully saturated rings. The average molecular weight is 410 g/mol. The van der Waals surface area contributed by atoms with Crippen molar-refractivity contribution in [3.8, 4) is 0 Å². The molecule has 2 N–H and O–H groups in total. The highest BCUT2D eigenvalue weighted by atomic mass is 32.2. The van der Waals surface area contributed by atoms with Gasteiger partial charge < -0.3 is 10.6 Å². The van der Waals surface area contributed by atoms with E-state index in [4.69, 9.17) is 5.73 Å². The van der Waals surface area contributed by atoms with E-state index in [0.717, 1.165) is 18.9 Å². The van der Waals surface area contributed by atoms with E-state index in [2.05, 4.69) is 0 Å². The van der Waals surface area contributed by atoms with Crippen LogP contribution < -0.4 is 10.6 Å². The number of benzene rings is 1. The maximum atomic E-state index is 13.0. The first-order chi connectivity index (χ1) is 13.2. The molecule has 1 aromatic carbocycles. The van der Waals surface area contributed by atoms with Crippen molar-refractivity contribution in [2.24, 2.45) is 17.6 Å². The zero-order chi connectivity index (χ0) is 20.5. The van der Waals surface area contributed by atoms with Crippen LogP contribution in [0.25, 0.3) is 0 Å². The zero-order valence-corrected chi connectivity index (χ0v) is 16.7. The molecule has 2 unspecified atom stereocenters. The summed E-state index contributed by atoms with van der Waals surface area (Å²) < 4.78 is 27.3. The number of nitrogens with zero attached hydrogens (tertiary/aromatic N) is 3. The summed E-state index contributed by atoms with van der Waals surface area (Å²) in [5.74, 6) is -0.533. The van der Waals surface area contributed by atoms with Gasteiger partial charge in [-0.3, -0.25) is 14.9 Å². The number of carbonyl (C=O) groups excluding carboxylic acids is 1. The molecule has 0 bridgehead atoms. The standard InChI is InChI=1S/C18H26N4O5S/c1-13-4-2-9-21(11-13)28(26,27)15-6-7-16(17(10-15)22(24)25)20-8-3-5-14(12-20)18(19)23/h6-7,10,13-14H,2-5,8-9,11-12H2,1H3,(H2,19,23). The van der Waals surface area contributed by atoms with Crippen LogP contribution >= 0.6 is 0 Å². The second-order valence-corrected chi connectivity index (χ2v) is 9.64. The summed E-state index contributed by atoms with van der Waals surface area (Å²) in [4.78, 5) is 24.3. The Labute approximate surface area is 164 Å². The molecule has 0 spiro atoms. The average Bonchev–Trinajstić information content (AvgIpc) is 2.67. The number of piperidine rings is 2. The number of hydrogen-bond donors (Lipinski definition) is 1. The Morgan fingerprint density at radius 1 is 1.21 bits per heavy atom. The molecule has 2 aliphatic heterocycles. The molecule has 3 rings (SSSR count). The first-order valence-corrected chi connectivity index (χ1v) is 11.0. The third-order valence-electron chi connectivity index (χ3n) is 5.57. The molecule has 2 atom stereocenters. The lowest BCUT2D eigenvalue weighted by Crippen LogP contribution is -2.41. The van der Waals surface area contributed by atoms with Crippen LogP contribution in [0.1, 0.15) is 32.6 Å². The minimum Gasteiger partial charge on any atom is -0.369 e. The smallest absolute Gasteiger partial charge is 0.293 e. The maximum Gasteiger partial charge on any atom is 0.293 e. The Morgan fingerprint density at radius 2 is 1.93 bits per heavy atom. The van der Waals surface area contributed by atoms with Crippen molar-refractivity contribution in [1.29, 1.82) is 0 Å². The van der Waals surface area contributed by atoms with Gasteiger partial charge in [0, 0.05) is 32.2 Å². The second-order valence-electron chi connectivity index (χ2n) is 7.71. The predicted octanol–water partition coefficient (Wildman–Crippen LogP) is 1.72. The van der Waals surface area contributed by atoms with Crippen molar-refractivity contribution in [2.75, 3.05) is 31.1 Å². The number of hydrogen-bond acceptors (Lipinski definition) is 6. The van der Waals surface area contributed by atoms with Crippen LogP contribution in [0.3, 0.4) is 0 Å². The summed E-state index contributed by atoms with van der Waals surface area (Å²) in [5.41, 5.74) is 5.45. The summed E-state index contributed by atoms with van der Waals surface area (Å²) in [6.45, 7) is 3.70. The summed E-state index contributed by atoms with van der Waals surface area (Å²) in [6.07, 6.45) is 3.10. The molecule has 10 heteroatoms. The van der Waals surface area contributed by atoms with Gasteiger partial charge in [-0.15, -0.1) is 0 Å². The lowest BCUT2D eigenvalue weighted by Gasteiger charge is -2.33. The van der Waals surface area contributed by atoms with Crippen LogP contribution in [0.4, 0.5) is 11.4 Å². The minimum atomic E-state index is -3.79. The number of nitro groups is 1. The summed E-state index contributed by atoms with van der Waals surface area (Å²) in [6, 6.07) is 4.03. The highest BCUT2D eigenvalue weighted by Gasteiger charge is 2.33. The van der Waals surface area contributed by atoms with Crippen molar-refractivity contribution < 1.29 is 18.1 Å². The molecular formula is C18H26N4O5S. The van der Waals surface area contributed by atoms with Crippen LogP contribution in [0, 0.1) is 22.0 Å². The Balaban J connectivity index is 1.93. The van der Waals surface area contributed by atoms with E-state index in [-0.39, 0.29) is 22.4 Å². The molecule has 2 aliphatic rings. The van der Waals surface area contributed by atoms with E-state index in [9.17, 15) is 23.3 Å². The first kappa shape index (κ1) is 20.5. The van der Waals surface area contributed by atoms with Crippen LogP contribution in [0.5, 0.6) is 0 Å². The molecule has 1 amide bonds. The van der Waals surface area contributed by atoms with E-state index in [0.29, 0.717) is 44.7 Å². The molecule has 0 aromatic heterocycles. The van der Waals surface area contributed by atoms with E-state index in [1.165, 1.54) is 16.4 Å². The molecule has 1 aromatic rings. The number of nitro benzene ring substituents is 1. The number of anilines is 1. The lowest BCUT2D eigenvalue weighted by atomic mass is 9.97. The topological polar surface area (TPSA) is 127 Å². The molecule has 0 saturated carbocycles. The number of nitrogens with two attached hydrogens (primary N) is 1. The first-order valence-electron chi connectivity index (χ1n) is 9.53. The van der Waals surface area contributed by atoms with Gasteiger partial charge in [-0.2, -0.15) is 4.31 Å². The molecule has 2 saturated heterocycles. The van der Waals surface area contributed by atoms with Crippen LogP contribution in [-0.2, 0) is 14.8 Å². The Morgan fingerprint density at radius 3 is 2.57 bits per heavy atom. The van der Waals surface area contributed by atoms with Gasteiger partial charge in [0.15, 0.2) is 0 Å². The van der Waals surface area contributed by atoms with Gasteiger partial charge in [0.25, 0.3) is 5.69 Å². The van der Waals surface area contributed by atoms with Gasteiger partial charge in [-0.05, 0) is 43.7 Å². The van der Waals surface area contributed by atoms with Gasteiger partial charge in [0.2, 0.25) is 15.9 Å². The van der Waals surface area contributed by atoms with Gasteiger partial charge >= 0.3 is 0 Å². The van der Waals surface area contributed by atoms with Gasteiger partial charge in [-0.1, -0.05) is 6.92 Å². The largest absolute Gasteiger partial charge is 0.369 e. The summed E-state index contributed by atoms with van der Waals surface area (Å²) >= 11 is 0. The molecule has 154 valence electrons. The third kappa shape index (κ3) is 4.12. The summed E-state index contributed by atoms with van der Waals surface area (Å²) in [7, 11) is -3.79. The molecule has 2 heterocycles. The zero-order valence-electron chi connectivity index (χ0n) is 15.9. The quantitative estimate of drug-likeness (QED) is 0.582. The Kier molecular flexibility index (Phi) is 5.90. The maximum absolute atomic E-state index is 13.0. The molecule has 9 nitrogen and oxygen atoms in total. The molecule has 0 radical (unpaired) electrons. The Bertz CT molecular complexity index is 873. The van der Waals surface area contributed by atoms with Gasteiger partial charge in [0.05, 0.1) is 15.7 Å². The van der Waals surface area contributed by atoms with E-state index in [1.807, 2.05) is 6.92 Å². The normalized spacial score (nSPS) is 24.1. The number of primary amides is 1. The lowest BCUT2D eigenvalue weighted by molar-refractivity contribution is -0.384. The van der Waals surface area contributed by atoms with Gasteiger partial charge in [0.1, 0.15) is 5.69 Å².